The second-order valence-corrected chi connectivity index (χ2v) is 10.7. The smallest absolute Gasteiger partial charge is 0.330 e. The van der Waals surface area contributed by atoms with E-state index in [2.05, 4.69) is 77.8 Å². The molecular weight excluding hydrogens is 397 g/mol. The first-order valence-corrected chi connectivity index (χ1v) is 12.6. The Hall–Kier alpha value is -0.990. The normalized spacial score (nSPS) is 12.5. The molecule has 30 heavy (non-hydrogen) atoms. The van der Waals surface area contributed by atoms with Gasteiger partial charge < -0.3 is 9.63 Å². The molecule has 0 aromatic heterocycles. The van der Waals surface area contributed by atoms with Crippen molar-refractivity contribution in [2.24, 2.45) is 0 Å². The molecule has 0 saturated carbocycles. The van der Waals surface area contributed by atoms with E-state index in [1.165, 1.54) is 6.92 Å². The van der Waals surface area contributed by atoms with Gasteiger partial charge in [0.2, 0.25) is 0 Å². The van der Waals surface area contributed by atoms with Crippen LogP contribution in [-0.2, 0) is 9.32 Å². The van der Waals surface area contributed by atoms with E-state index in [0.29, 0.717) is 30.6 Å². The van der Waals surface area contributed by atoms with Gasteiger partial charge in [0.15, 0.2) is 0 Å². The summed E-state index contributed by atoms with van der Waals surface area (Å²) in [5, 5.41) is 16.8. The molecule has 1 atom stereocenters. The van der Waals surface area contributed by atoms with E-state index >= 15 is 0 Å². The number of hydrogen-bond donors (Lipinski definition) is 1. The van der Waals surface area contributed by atoms with Gasteiger partial charge in [0.05, 0.1) is 12.7 Å². The first-order chi connectivity index (χ1) is 13.8. The van der Waals surface area contributed by atoms with E-state index < -0.39 is 14.1 Å². The van der Waals surface area contributed by atoms with E-state index in [4.69, 9.17) is 14.9 Å². The van der Waals surface area contributed by atoms with Crippen LogP contribution in [0.3, 0.4) is 0 Å². The third-order valence-electron chi connectivity index (χ3n) is 4.72. The van der Waals surface area contributed by atoms with Crippen LogP contribution in [0, 0.1) is 11.3 Å². The van der Waals surface area contributed by atoms with Crippen LogP contribution in [0.4, 0.5) is 0 Å². The fourth-order valence-corrected chi connectivity index (χ4v) is 4.77. The molecule has 0 spiro atoms. The summed E-state index contributed by atoms with van der Waals surface area (Å²) in [6, 6.07) is 4.46. The fourth-order valence-electron chi connectivity index (χ4n) is 3.14. The van der Waals surface area contributed by atoms with Crippen molar-refractivity contribution in [3.05, 3.63) is 12.2 Å². The minimum atomic E-state index is -0.935. The molecule has 6 nitrogen and oxygen atoms in total. The van der Waals surface area contributed by atoms with Crippen molar-refractivity contribution in [2.45, 2.75) is 92.9 Å². The second kappa shape index (κ2) is 17.7. The van der Waals surface area contributed by atoms with Crippen LogP contribution in [0.5, 0.6) is 0 Å². The largest absolute Gasteiger partial charge is 0.478 e. The Kier molecular flexibility index (Phi) is 18.4. The molecule has 1 unspecified atom stereocenters. The Labute approximate surface area is 187 Å². The van der Waals surface area contributed by atoms with Gasteiger partial charge in [0.25, 0.3) is 0 Å². The van der Waals surface area contributed by atoms with Crippen LogP contribution in [0.15, 0.2) is 12.2 Å². The van der Waals surface area contributed by atoms with Crippen molar-refractivity contribution in [1.82, 2.24) is 9.80 Å². The van der Waals surface area contributed by atoms with E-state index in [1.807, 2.05) is 0 Å². The highest BCUT2D eigenvalue weighted by Crippen LogP contribution is 2.37. The van der Waals surface area contributed by atoms with E-state index in [0.717, 1.165) is 32.0 Å². The van der Waals surface area contributed by atoms with Crippen molar-refractivity contribution in [3.63, 3.8) is 0 Å². The van der Waals surface area contributed by atoms with Gasteiger partial charge in [0.1, 0.15) is 0 Å². The zero-order valence-electron chi connectivity index (χ0n) is 20.8. The van der Waals surface area contributed by atoms with Gasteiger partial charge in [-0.25, -0.2) is 4.79 Å². The van der Waals surface area contributed by atoms with E-state index in [9.17, 15) is 4.79 Å². The highest BCUT2D eigenvalue weighted by atomic mass is 31.1. The van der Waals surface area contributed by atoms with Gasteiger partial charge in [-0.1, -0.05) is 6.58 Å². The summed E-state index contributed by atoms with van der Waals surface area (Å²) in [6.07, 6.45) is 2.57. The van der Waals surface area contributed by atoms with Crippen LogP contribution in [0.25, 0.3) is 0 Å². The van der Waals surface area contributed by atoms with Crippen LogP contribution in [0.2, 0.25) is 0 Å². The van der Waals surface area contributed by atoms with Crippen molar-refractivity contribution in [1.29, 1.82) is 5.26 Å². The molecule has 0 aromatic carbocycles. The van der Waals surface area contributed by atoms with Gasteiger partial charge in [-0.05, 0) is 62.3 Å². The molecule has 0 saturated heterocycles. The summed E-state index contributed by atoms with van der Waals surface area (Å²) in [7, 11) is -0.509. The number of carboxylic acids is 1. The minimum Gasteiger partial charge on any atom is -0.478 e. The molecule has 0 aliphatic carbocycles. The second-order valence-electron chi connectivity index (χ2n) is 8.61. The lowest BCUT2D eigenvalue weighted by Crippen LogP contribution is -2.39. The monoisotopic (exact) mass is 443 g/mol. The quantitative estimate of drug-likeness (QED) is 0.294. The summed E-state index contributed by atoms with van der Waals surface area (Å²) < 4.78 is 6.23. The molecule has 0 rings (SSSR count). The summed E-state index contributed by atoms with van der Waals surface area (Å²) in [4.78, 5) is 14.6. The molecule has 7 heteroatoms. The Morgan fingerprint density at radius 1 is 0.967 bits per heavy atom. The number of carboxylic acid groups (broad SMARTS) is 1. The zero-order valence-corrected chi connectivity index (χ0v) is 21.7. The van der Waals surface area contributed by atoms with E-state index in [1.54, 1.807) is 0 Å². The third-order valence-corrected chi connectivity index (χ3v) is 6.69. The Morgan fingerprint density at radius 2 is 1.37 bits per heavy atom. The van der Waals surface area contributed by atoms with Gasteiger partial charge in [-0.2, -0.15) is 5.26 Å². The molecule has 0 aliphatic heterocycles. The fraction of sp³-hybridized carbons (Fsp3) is 0.826. The van der Waals surface area contributed by atoms with E-state index in [-0.39, 0.29) is 5.57 Å². The number of hydrogen-bond acceptors (Lipinski definition) is 5. The van der Waals surface area contributed by atoms with Gasteiger partial charge in [-0.3, -0.25) is 9.80 Å². The lowest BCUT2D eigenvalue weighted by Gasteiger charge is -2.33. The average molecular weight is 444 g/mol. The van der Waals surface area contributed by atoms with Gasteiger partial charge >= 0.3 is 5.97 Å². The van der Waals surface area contributed by atoms with Crippen molar-refractivity contribution < 1.29 is 14.4 Å². The number of aliphatic carboxylic acids is 1. The topological polar surface area (TPSA) is 76.8 Å². The molecule has 0 aromatic rings. The summed E-state index contributed by atoms with van der Waals surface area (Å²) in [5.74, 6) is -0.935. The summed E-state index contributed by atoms with van der Waals surface area (Å²) in [5.41, 5.74) is 0.176. The maximum atomic E-state index is 9.60. The number of rotatable bonds is 14. The van der Waals surface area contributed by atoms with Gasteiger partial charge in [0, 0.05) is 69.7 Å². The van der Waals surface area contributed by atoms with Crippen molar-refractivity contribution >= 4 is 14.1 Å². The summed E-state index contributed by atoms with van der Waals surface area (Å²) in [6.45, 7) is 25.4. The first kappa shape index (κ1) is 31.2. The third kappa shape index (κ3) is 15.8. The Morgan fingerprint density at radius 3 is 1.70 bits per heavy atom. The molecule has 0 amide bonds. The Bertz CT molecular complexity index is 488. The van der Waals surface area contributed by atoms with Crippen LogP contribution >= 0.6 is 8.15 Å². The highest BCUT2D eigenvalue weighted by Gasteiger charge is 2.18. The molecule has 0 bridgehead atoms. The Balaban J connectivity index is 0. The number of carbonyl (C=O) groups is 1. The van der Waals surface area contributed by atoms with Crippen LogP contribution in [0.1, 0.15) is 68.7 Å². The van der Waals surface area contributed by atoms with Crippen LogP contribution < -0.4 is 0 Å². The lowest BCUT2D eigenvalue weighted by molar-refractivity contribution is -0.132. The highest BCUT2D eigenvalue weighted by molar-refractivity contribution is 7.52. The molecule has 0 heterocycles. The maximum Gasteiger partial charge on any atom is 0.330 e. The van der Waals surface area contributed by atoms with Crippen molar-refractivity contribution in [3.8, 4) is 6.07 Å². The molecular formula is C23H46N3O3P. The maximum absolute atomic E-state index is 9.60. The predicted octanol–water partition coefficient (Wildman–Crippen LogP) is 5.20. The molecule has 176 valence electrons. The molecule has 1 N–H and O–H groups in total. The SMILES string of the molecule is C=C(C)C(=O)O.CC(C)N(CCOP(CCC#N)CCN(C(C)C)C(C)C)C(C)C. The molecule has 0 fully saturated rings. The number of nitriles is 1. The standard InChI is InChI=1S/C19H40N3OP.C4H6O2/c1-16(2)21(17(3)4)11-13-23-24(14-9-10-20)15-12-22(18(5)6)19(7)8;1-3(2)4(5)6/h16-19H,9,11-15H2,1-8H3;1H2,2H3,(H,5,6). The van der Waals surface area contributed by atoms with Crippen LogP contribution in [-0.4, -0.2) is 77.1 Å². The zero-order chi connectivity index (χ0) is 23.9. The summed E-state index contributed by atoms with van der Waals surface area (Å²) >= 11 is 0. The van der Waals surface area contributed by atoms with Crippen molar-refractivity contribution in [2.75, 3.05) is 32.0 Å². The average Bonchev–Trinajstić information content (AvgIpc) is 2.61. The minimum absolute atomic E-state index is 0.176. The molecule has 0 radical (unpaired) electrons. The molecule has 0 aliphatic rings. The first-order valence-electron chi connectivity index (χ1n) is 11.0. The lowest BCUT2D eigenvalue weighted by atomic mass is 10.2. The van der Waals surface area contributed by atoms with Gasteiger partial charge in [-0.15, -0.1) is 0 Å². The number of nitrogens with zero attached hydrogens (tertiary/aromatic N) is 3. The predicted molar refractivity (Wildman–Crippen MR) is 129 cm³/mol.